The van der Waals surface area contributed by atoms with Gasteiger partial charge in [-0.15, -0.1) is 0 Å². The maximum atomic E-state index is 12.4. The Hall–Kier alpha value is -1.97. The SMILES string of the molecule is CC(C)N1C(=O)N[C@@H]2CN(C(=O)NCC3(CC#N)CC3)CC[C@@H]21. The fraction of sp³-hybridized carbons (Fsp3) is 0.812. The smallest absolute Gasteiger partial charge is 0.318 e. The van der Waals surface area contributed by atoms with Crippen LogP contribution in [0.25, 0.3) is 0 Å². The molecule has 1 aliphatic carbocycles. The highest BCUT2D eigenvalue weighted by molar-refractivity contribution is 5.79. The van der Waals surface area contributed by atoms with Crippen LogP contribution in [0.15, 0.2) is 0 Å². The van der Waals surface area contributed by atoms with Crippen LogP contribution in [-0.4, -0.2) is 59.6 Å². The average Bonchev–Trinajstić information content (AvgIpc) is 3.18. The van der Waals surface area contributed by atoms with Gasteiger partial charge in [0.05, 0.1) is 18.2 Å². The lowest BCUT2D eigenvalue weighted by atomic mass is 9.99. The van der Waals surface area contributed by atoms with E-state index in [1.54, 1.807) is 4.90 Å². The van der Waals surface area contributed by atoms with Crippen LogP contribution in [0.4, 0.5) is 9.59 Å². The highest BCUT2D eigenvalue weighted by atomic mass is 16.2. The van der Waals surface area contributed by atoms with Crippen molar-refractivity contribution in [3.63, 3.8) is 0 Å². The van der Waals surface area contributed by atoms with Gasteiger partial charge in [0.2, 0.25) is 0 Å². The second-order valence-electron chi connectivity index (χ2n) is 7.35. The molecule has 23 heavy (non-hydrogen) atoms. The number of amides is 4. The topological polar surface area (TPSA) is 88.5 Å². The molecule has 4 amide bonds. The van der Waals surface area contributed by atoms with E-state index in [2.05, 4.69) is 16.7 Å². The molecule has 0 spiro atoms. The van der Waals surface area contributed by atoms with E-state index in [1.807, 2.05) is 18.7 Å². The molecule has 0 unspecified atom stereocenters. The monoisotopic (exact) mass is 319 g/mol. The molecule has 3 fully saturated rings. The summed E-state index contributed by atoms with van der Waals surface area (Å²) in [5.74, 6) is 0. The van der Waals surface area contributed by atoms with Crippen LogP contribution in [0.3, 0.4) is 0 Å². The number of hydrogen-bond donors (Lipinski definition) is 2. The van der Waals surface area contributed by atoms with Crippen LogP contribution in [0.5, 0.6) is 0 Å². The van der Waals surface area contributed by atoms with E-state index in [9.17, 15) is 9.59 Å². The van der Waals surface area contributed by atoms with Crippen molar-refractivity contribution in [1.82, 2.24) is 20.4 Å². The number of piperidine rings is 1. The van der Waals surface area contributed by atoms with Gasteiger partial charge in [0.15, 0.2) is 0 Å². The van der Waals surface area contributed by atoms with Gasteiger partial charge in [0, 0.05) is 37.5 Å². The molecule has 126 valence electrons. The zero-order valence-corrected chi connectivity index (χ0v) is 13.8. The molecule has 0 aromatic heterocycles. The fourth-order valence-corrected chi connectivity index (χ4v) is 3.74. The van der Waals surface area contributed by atoms with Crippen LogP contribution in [0, 0.1) is 16.7 Å². The third-order valence-corrected chi connectivity index (χ3v) is 5.35. The molecule has 3 rings (SSSR count). The number of carbonyl (C=O) groups is 2. The molecule has 3 aliphatic rings. The summed E-state index contributed by atoms with van der Waals surface area (Å²) in [4.78, 5) is 28.1. The number of urea groups is 2. The first-order valence-electron chi connectivity index (χ1n) is 8.44. The molecule has 0 aromatic rings. The van der Waals surface area contributed by atoms with Gasteiger partial charge in [-0.05, 0) is 33.1 Å². The summed E-state index contributed by atoms with van der Waals surface area (Å²) in [5.41, 5.74) is 0.0126. The molecule has 2 atom stereocenters. The molecular formula is C16H25N5O2. The number of nitrogens with zero attached hydrogens (tertiary/aromatic N) is 3. The Balaban J connectivity index is 1.53. The highest BCUT2D eigenvalue weighted by Gasteiger charge is 2.45. The minimum absolute atomic E-state index is 0.0124. The van der Waals surface area contributed by atoms with Crippen molar-refractivity contribution in [1.29, 1.82) is 5.26 Å². The first kappa shape index (κ1) is 15.9. The number of nitriles is 1. The predicted molar refractivity (Wildman–Crippen MR) is 84.6 cm³/mol. The number of nitrogens with one attached hydrogen (secondary N) is 2. The quantitative estimate of drug-likeness (QED) is 0.818. The first-order valence-corrected chi connectivity index (χ1v) is 8.44. The van der Waals surface area contributed by atoms with E-state index in [4.69, 9.17) is 5.26 Å². The largest absolute Gasteiger partial charge is 0.337 e. The lowest BCUT2D eigenvalue weighted by Crippen LogP contribution is -2.56. The Morgan fingerprint density at radius 1 is 1.52 bits per heavy atom. The normalized spacial score (nSPS) is 28.2. The van der Waals surface area contributed by atoms with Crippen LogP contribution in [0.1, 0.15) is 39.5 Å². The van der Waals surface area contributed by atoms with Crippen LogP contribution < -0.4 is 10.6 Å². The van der Waals surface area contributed by atoms with E-state index >= 15 is 0 Å². The fourth-order valence-electron chi connectivity index (χ4n) is 3.74. The van der Waals surface area contributed by atoms with Gasteiger partial charge in [-0.3, -0.25) is 0 Å². The summed E-state index contributed by atoms with van der Waals surface area (Å²) < 4.78 is 0. The van der Waals surface area contributed by atoms with Crippen LogP contribution >= 0.6 is 0 Å². The minimum Gasteiger partial charge on any atom is -0.337 e. The van der Waals surface area contributed by atoms with E-state index in [0.717, 1.165) is 19.3 Å². The molecule has 2 aliphatic heterocycles. The van der Waals surface area contributed by atoms with Crippen molar-refractivity contribution >= 4 is 12.1 Å². The third kappa shape index (κ3) is 3.07. The Morgan fingerprint density at radius 2 is 2.26 bits per heavy atom. The Kier molecular flexibility index (Phi) is 4.09. The maximum Gasteiger partial charge on any atom is 0.318 e. The van der Waals surface area contributed by atoms with Gasteiger partial charge in [-0.1, -0.05) is 0 Å². The van der Waals surface area contributed by atoms with Gasteiger partial charge in [0.25, 0.3) is 0 Å². The molecule has 0 bridgehead atoms. The van der Waals surface area contributed by atoms with Crippen LogP contribution in [0.2, 0.25) is 0 Å². The molecule has 2 heterocycles. The Bertz CT molecular complexity index is 537. The highest BCUT2D eigenvalue weighted by Crippen LogP contribution is 2.47. The predicted octanol–water partition coefficient (Wildman–Crippen LogP) is 1.27. The number of likely N-dealkylation sites (tertiary alicyclic amines) is 1. The van der Waals surface area contributed by atoms with Gasteiger partial charge in [-0.2, -0.15) is 5.26 Å². The second-order valence-corrected chi connectivity index (χ2v) is 7.35. The summed E-state index contributed by atoms with van der Waals surface area (Å²) in [7, 11) is 0. The standard InChI is InChI=1S/C16H25N5O2/c1-11(2)21-13-3-8-20(9-12(13)19-15(21)23)14(22)18-10-16(4-5-16)6-7-17/h11-13H,3-6,8-10H2,1-2H3,(H,18,22)(H,19,23)/t12-,13+/m1/s1. The van der Waals surface area contributed by atoms with Crippen molar-refractivity contribution in [2.45, 2.75) is 57.7 Å². The molecule has 7 nitrogen and oxygen atoms in total. The van der Waals surface area contributed by atoms with E-state index < -0.39 is 0 Å². The number of rotatable bonds is 4. The molecule has 0 aromatic carbocycles. The Labute approximate surface area is 137 Å². The van der Waals surface area contributed by atoms with Crippen molar-refractivity contribution < 1.29 is 9.59 Å². The van der Waals surface area contributed by atoms with Gasteiger partial charge in [-0.25, -0.2) is 9.59 Å². The first-order chi connectivity index (χ1) is 11.0. The van der Waals surface area contributed by atoms with Crippen molar-refractivity contribution in [3.05, 3.63) is 0 Å². The Morgan fingerprint density at radius 3 is 2.87 bits per heavy atom. The van der Waals surface area contributed by atoms with Crippen molar-refractivity contribution in [2.24, 2.45) is 5.41 Å². The van der Waals surface area contributed by atoms with E-state index in [-0.39, 0.29) is 35.6 Å². The number of fused-ring (bicyclic) bond motifs is 1. The van der Waals surface area contributed by atoms with Gasteiger partial charge < -0.3 is 20.4 Å². The second kappa shape index (κ2) is 5.91. The molecule has 7 heteroatoms. The average molecular weight is 319 g/mol. The molecule has 1 saturated carbocycles. The lowest BCUT2D eigenvalue weighted by molar-refractivity contribution is 0.132. The number of carbonyl (C=O) groups excluding carboxylic acids is 2. The summed E-state index contributed by atoms with van der Waals surface area (Å²) in [6, 6.07) is 2.47. The van der Waals surface area contributed by atoms with Crippen molar-refractivity contribution in [2.75, 3.05) is 19.6 Å². The van der Waals surface area contributed by atoms with E-state index in [0.29, 0.717) is 26.1 Å². The summed E-state index contributed by atoms with van der Waals surface area (Å²) in [5, 5.41) is 14.8. The molecule has 2 N–H and O–H groups in total. The molecule has 2 saturated heterocycles. The maximum absolute atomic E-state index is 12.4. The summed E-state index contributed by atoms with van der Waals surface area (Å²) >= 11 is 0. The summed E-state index contributed by atoms with van der Waals surface area (Å²) in [6.45, 7) is 5.83. The van der Waals surface area contributed by atoms with Gasteiger partial charge >= 0.3 is 12.1 Å². The lowest BCUT2D eigenvalue weighted by Gasteiger charge is -2.38. The molecule has 0 radical (unpaired) electrons. The van der Waals surface area contributed by atoms with Crippen molar-refractivity contribution in [3.8, 4) is 6.07 Å². The van der Waals surface area contributed by atoms with Crippen LogP contribution in [-0.2, 0) is 0 Å². The van der Waals surface area contributed by atoms with Gasteiger partial charge in [0.1, 0.15) is 0 Å². The summed E-state index contributed by atoms with van der Waals surface area (Å²) in [6.07, 6.45) is 3.35. The number of hydrogen-bond acceptors (Lipinski definition) is 3. The zero-order chi connectivity index (χ0) is 16.6. The van der Waals surface area contributed by atoms with E-state index in [1.165, 1.54) is 0 Å². The third-order valence-electron chi connectivity index (χ3n) is 5.35. The minimum atomic E-state index is -0.0788. The zero-order valence-electron chi connectivity index (χ0n) is 13.8. The molecular weight excluding hydrogens is 294 g/mol.